The Kier molecular flexibility index (Phi) is 5.84. The van der Waals surface area contributed by atoms with Gasteiger partial charge >= 0.3 is 0 Å². The highest BCUT2D eigenvalue weighted by molar-refractivity contribution is 7.20. The fourth-order valence-electron chi connectivity index (χ4n) is 2.92. The van der Waals surface area contributed by atoms with E-state index in [4.69, 9.17) is 10.1 Å². The number of benzene rings is 1. The highest BCUT2D eigenvalue weighted by Gasteiger charge is 2.23. The second-order valence-electron chi connectivity index (χ2n) is 8.71. The van der Waals surface area contributed by atoms with E-state index in [0.717, 1.165) is 27.2 Å². The molecule has 156 valence electrons. The summed E-state index contributed by atoms with van der Waals surface area (Å²) in [4.78, 5) is 19.6. The lowest BCUT2D eigenvalue weighted by Gasteiger charge is -2.22. The number of amides is 1. The first-order valence-electron chi connectivity index (χ1n) is 9.79. The van der Waals surface area contributed by atoms with Gasteiger partial charge in [-0.05, 0) is 41.5 Å². The average Bonchev–Trinajstić information content (AvgIpc) is 3.13. The van der Waals surface area contributed by atoms with Crippen LogP contribution < -0.4 is 15.5 Å². The zero-order valence-corrected chi connectivity index (χ0v) is 19.0. The van der Waals surface area contributed by atoms with Gasteiger partial charge in [0.15, 0.2) is 5.82 Å². The van der Waals surface area contributed by atoms with Gasteiger partial charge in [0.25, 0.3) is 0 Å². The van der Waals surface area contributed by atoms with E-state index in [1.165, 1.54) is 16.9 Å². The molecule has 2 heterocycles. The molecule has 2 aromatic heterocycles. The summed E-state index contributed by atoms with van der Waals surface area (Å²) >= 11 is 1.47. The van der Waals surface area contributed by atoms with E-state index in [0.29, 0.717) is 0 Å². The van der Waals surface area contributed by atoms with Crippen LogP contribution in [0.5, 0.6) is 0 Å². The van der Waals surface area contributed by atoms with E-state index >= 15 is 0 Å². The summed E-state index contributed by atoms with van der Waals surface area (Å²) in [6.07, 6.45) is 0. The third-order valence-corrected chi connectivity index (χ3v) is 5.19. The Labute approximate surface area is 176 Å². The third-order valence-electron chi connectivity index (χ3n) is 4.17. The summed E-state index contributed by atoms with van der Waals surface area (Å²) in [6, 6.07) is 8.45. The maximum atomic E-state index is 12.1. The molecule has 0 aliphatic heterocycles. The van der Waals surface area contributed by atoms with Gasteiger partial charge in [-0.1, -0.05) is 41.2 Å². The van der Waals surface area contributed by atoms with Crippen LogP contribution in [-0.2, 0) is 4.79 Å². The van der Waals surface area contributed by atoms with E-state index < -0.39 is 0 Å². The van der Waals surface area contributed by atoms with Crippen LogP contribution in [0.3, 0.4) is 0 Å². The summed E-state index contributed by atoms with van der Waals surface area (Å²) in [6.45, 7) is 12.6. The van der Waals surface area contributed by atoms with E-state index in [2.05, 4.69) is 62.6 Å². The number of likely N-dealkylation sites (N-methyl/N-ethyl adjacent to an activating group) is 1. The Morgan fingerprint density at radius 1 is 1.24 bits per heavy atom. The van der Waals surface area contributed by atoms with Crippen molar-refractivity contribution in [2.45, 2.75) is 53.1 Å². The van der Waals surface area contributed by atoms with Gasteiger partial charge in [-0.25, -0.2) is 4.98 Å². The van der Waals surface area contributed by atoms with Crippen LogP contribution in [0.4, 0.5) is 10.9 Å². The molecular formula is C21H30N6OS. The number of nitrogens with zero attached hydrogens (tertiary/aromatic N) is 4. The number of aryl methyl sites for hydroxylation is 1. The molecule has 0 aliphatic rings. The number of carbonyl (C=O) groups excluding carboxylic acids is 1. The average molecular weight is 415 g/mol. The quantitative estimate of drug-likeness (QED) is 0.639. The smallest absolute Gasteiger partial charge is 0.239 e. The monoisotopic (exact) mass is 414 g/mol. The standard InChI is InChI=1S/C21H30N6OS/c1-13(2)22-16(28)12-26(7)20-25-27-18(24-21(4,5)6)17(23-19(27)29-20)15-10-8-14(3)9-11-15/h8-11,13,24H,12H2,1-7H3,(H,22,28). The first kappa shape index (κ1) is 21.1. The molecule has 8 heteroatoms. The van der Waals surface area contributed by atoms with Gasteiger partial charge in [-0.15, -0.1) is 5.10 Å². The second-order valence-corrected chi connectivity index (χ2v) is 9.64. The molecule has 3 rings (SSSR count). The van der Waals surface area contributed by atoms with Crippen molar-refractivity contribution in [3.63, 3.8) is 0 Å². The minimum atomic E-state index is -0.151. The molecule has 0 radical (unpaired) electrons. The normalized spacial score (nSPS) is 11.9. The third kappa shape index (κ3) is 5.06. The molecule has 7 nitrogen and oxygen atoms in total. The minimum absolute atomic E-state index is 0.0243. The Balaban J connectivity index is 1.98. The van der Waals surface area contributed by atoms with Crippen molar-refractivity contribution in [3.8, 4) is 11.3 Å². The predicted molar refractivity (Wildman–Crippen MR) is 121 cm³/mol. The van der Waals surface area contributed by atoms with Gasteiger partial charge in [0, 0.05) is 24.2 Å². The Bertz CT molecular complexity index is 997. The fourth-order valence-corrected chi connectivity index (χ4v) is 3.78. The molecule has 0 spiro atoms. The number of hydrogen-bond donors (Lipinski definition) is 2. The number of hydrogen-bond acceptors (Lipinski definition) is 6. The van der Waals surface area contributed by atoms with Gasteiger partial charge in [0.2, 0.25) is 16.0 Å². The number of rotatable bonds is 6. The molecule has 0 saturated carbocycles. The Morgan fingerprint density at radius 2 is 1.90 bits per heavy atom. The number of fused-ring (bicyclic) bond motifs is 1. The summed E-state index contributed by atoms with van der Waals surface area (Å²) < 4.78 is 1.84. The number of anilines is 2. The maximum absolute atomic E-state index is 12.1. The summed E-state index contributed by atoms with van der Waals surface area (Å²) in [7, 11) is 1.87. The molecule has 0 aliphatic carbocycles. The van der Waals surface area contributed by atoms with Crippen LogP contribution in [0.25, 0.3) is 16.2 Å². The van der Waals surface area contributed by atoms with Crippen LogP contribution >= 0.6 is 11.3 Å². The lowest BCUT2D eigenvalue weighted by atomic mass is 10.1. The largest absolute Gasteiger partial charge is 0.364 e. The SMILES string of the molecule is Cc1ccc(-c2nc3sc(N(C)CC(=O)NC(C)C)nn3c2NC(C)(C)C)cc1. The van der Waals surface area contributed by atoms with Gasteiger partial charge in [0.1, 0.15) is 5.69 Å². The first-order valence-corrected chi connectivity index (χ1v) is 10.6. The van der Waals surface area contributed by atoms with Crippen molar-refractivity contribution in [1.29, 1.82) is 0 Å². The molecule has 0 unspecified atom stereocenters. The Morgan fingerprint density at radius 3 is 2.48 bits per heavy atom. The van der Waals surface area contributed by atoms with Gasteiger partial charge < -0.3 is 15.5 Å². The topological polar surface area (TPSA) is 74.6 Å². The number of imidazole rings is 1. The molecule has 1 amide bonds. The zero-order valence-electron chi connectivity index (χ0n) is 18.2. The van der Waals surface area contributed by atoms with Crippen LogP contribution in [0.2, 0.25) is 0 Å². The van der Waals surface area contributed by atoms with Gasteiger partial charge in [0.05, 0.1) is 6.54 Å². The van der Waals surface area contributed by atoms with E-state index in [9.17, 15) is 4.79 Å². The highest BCUT2D eigenvalue weighted by atomic mass is 32.1. The maximum Gasteiger partial charge on any atom is 0.239 e. The molecule has 1 aromatic carbocycles. The van der Waals surface area contributed by atoms with Crippen molar-refractivity contribution in [2.24, 2.45) is 0 Å². The van der Waals surface area contributed by atoms with Crippen LogP contribution in [0.1, 0.15) is 40.2 Å². The van der Waals surface area contributed by atoms with Crippen molar-refractivity contribution in [2.75, 3.05) is 23.8 Å². The molecule has 0 saturated heterocycles. The highest BCUT2D eigenvalue weighted by Crippen LogP contribution is 2.34. The number of carbonyl (C=O) groups is 1. The Hall–Kier alpha value is -2.61. The summed E-state index contributed by atoms with van der Waals surface area (Å²) in [5.41, 5.74) is 2.99. The predicted octanol–water partition coefficient (Wildman–Crippen LogP) is 3.94. The van der Waals surface area contributed by atoms with Crippen molar-refractivity contribution < 1.29 is 4.79 Å². The van der Waals surface area contributed by atoms with Crippen molar-refractivity contribution >= 4 is 33.2 Å². The fraction of sp³-hybridized carbons (Fsp3) is 0.476. The van der Waals surface area contributed by atoms with E-state index in [-0.39, 0.29) is 24.0 Å². The van der Waals surface area contributed by atoms with Crippen molar-refractivity contribution in [3.05, 3.63) is 29.8 Å². The summed E-state index contributed by atoms with van der Waals surface area (Å²) in [5, 5.41) is 12.0. The molecule has 3 aromatic rings. The lowest BCUT2D eigenvalue weighted by molar-refractivity contribution is -0.120. The molecule has 0 fully saturated rings. The lowest BCUT2D eigenvalue weighted by Crippen LogP contribution is -2.38. The number of aromatic nitrogens is 3. The first-order chi connectivity index (χ1) is 13.5. The minimum Gasteiger partial charge on any atom is -0.364 e. The number of nitrogens with one attached hydrogen (secondary N) is 2. The van der Waals surface area contributed by atoms with E-state index in [1.807, 2.05) is 30.3 Å². The van der Waals surface area contributed by atoms with Crippen LogP contribution in [0, 0.1) is 6.92 Å². The summed E-state index contributed by atoms with van der Waals surface area (Å²) in [5.74, 6) is 0.836. The van der Waals surface area contributed by atoms with E-state index in [1.54, 1.807) is 0 Å². The zero-order chi connectivity index (χ0) is 21.3. The molecular weight excluding hydrogens is 384 g/mol. The van der Waals surface area contributed by atoms with Crippen LogP contribution in [-0.4, -0.2) is 45.7 Å². The molecule has 29 heavy (non-hydrogen) atoms. The molecule has 0 atom stereocenters. The van der Waals surface area contributed by atoms with Crippen molar-refractivity contribution in [1.82, 2.24) is 19.9 Å². The van der Waals surface area contributed by atoms with Gasteiger partial charge in [-0.3, -0.25) is 4.79 Å². The molecule has 0 bridgehead atoms. The van der Waals surface area contributed by atoms with Gasteiger partial charge in [-0.2, -0.15) is 4.52 Å². The van der Waals surface area contributed by atoms with Crippen LogP contribution in [0.15, 0.2) is 24.3 Å². The molecule has 2 N–H and O–H groups in total. The second kappa shape index (κ2) is 8.02.